The molecule has 0 saturated carbocycles. The summed E-state index contributed by atoms with van der Waals surface area (Å²) in [6.45, 7) is 3.57. The number of hydrogen-bond acceptors (Lipinski definition) is 6. The molecular formula is C22H23N5O2. The lowest BCUT2D eigenvalue weighted by Crippen LogP contribution is -2.36. The lowest BCUT2D eigenvalue weighted by Gasteiger charge is -2.30. The van der Waals surface area contributed by atoms with Gasteiger partial charge in [0, 0.05) is 25.5 Å². The zero-order valence-electron chi connectivity index (χ0n) is 16.0. The highest BCUT2D eigenvalue weighted by Crippen LogP contribution is 2.28. The van der Waals surface area contributed by atoms with E-state index in [1.54, 1.807) is 18.5 Å². The van der Waals surface area contributed by atoms with Gasteiger partial charge in [-0.2, -0.15) is 0 Å². The van der Waals surface area contributed by atoms with Crippen molar-refractivity contribution >= 4 is 23.1 Å². The highest BCUT2D eigenvalue weighted by atomic mass is 16.5. The van der Waals surface area contributed by atoms with Gasteiger partial charge in [-0.15, -0.1) is 0 Å². The number of nitrogens with zero attached hydrogens (tertiary/aromatic N) is 3. The number of carbonyl (C=O) groups is 1. The van der Waals surface area contributed by atoms with Gasteiger partial charge in [-0.05, 0) is 36.4 Å². The van der Waals surface area contributed by atoms with Gasteiger partial charge in [0.05, 0.1) is 42.4 Å². The SMILES string of the molecule is O=C(NCc1ccccn1)c1ccc(Nc2ccccc2N2CCOCC2)nc1. The number of benzene rings is 1. The van der Waals surface area contributed by atoms with Crippen LogP contribution in [0.3, 0.4) is 0 Å². The van der Waals surface area contributed by atoms with Crippen LogP contribution in [0.4, 0.5) is 17.2 Å². The predicted octanol–water partition coefficient (Wildman–Crippen LogP) is 2.99. The molecule has 1 aliphatic rings. The number of pyridine rings is 2. The van der Waals surface area contributed by atoms with Crippen molar-refractivity contribution < 1.29 is 9.53 Å². The van der Waals surface area contributed by atoms with Crippen LogP contribution in [0.15, 0.2) is 67.0 Å². The Bertz CT molecular complexity index is 941. The number of para-hydroxylation sites is 2. The monoisotopic (exact) mass is 389 g/mol. The van der Waals surface area contributed by atoms with Crippen LogP contribution in [0.25, 0.3) is 0 Å². The molecule has 7 nitrogen and oxygen atoms in total. The van der Waals surface area contributed by atoms with Crippen molar-refractivity contribution in [3.8, 4) is 0 Å². The van der Waals surface area contributed by atoms with E-state index in [0.717, 1.165) is 43.4 Å². The van der Waals surface area contributed by atoms with E-state index in [1.807, 2.05) is 42.5 Å². The van der Waals surface area contributed by atoms with E-state index in [9.17, 15) is 4.79 Å². The first-order chi connectivity index (χ1) is 14.3. The largest absolute Gasteiger partial charge is 0.378 e. The number of hydrogen-bond donors (Lipinski definition) is 2. The summed E-state index contributed by atoms with van der Waals surface area (Å²) in [6, 6.07) is 17.3. The van der Waals surface area contributed by atoms with Crippen molar-refractivity contribution in [2.24, 2.45) is 0 Å². The maximum Gasteiger partial charge on any atom is 0.253 e. The average Bonchev–Trinajstić information content (AvgIpc) is 2.80. The number of nitrogens with one attached hydrogen (secondary N) is 2. The summed E-state index contributed by atoms with van der Waals surface area (Å²) in [5.41, 5.74) is 3.42. The fraction of sp³-hybridized carbons (Fsp3) is 0.227. The first-order valence-electron chi connectivity index (χ1n) is 9.62. The van der Waals surface area contributed by atoms with Crippen LogP contribution in [0.1, 0.15) is 16.1 Å². The zero-order chi connectivity index (χ0) is 19.9. The van der Waals surface area contributed by atoms with E-state index in [4.69, 9.17) is 4.74 Å². The van der Waals surface area contributed by atoms with Crippen LogP contribution in [0.2, 0.25) is 0 Å². The molecule has 0 bridgehead atoms. The van der Waals surface area contributed by atoms with E-state index in [2.05, 4.69) is 31.6 Å². The Hall–Kier alpha value is -3.45. The molecule has 3 heterocycles. The molecular weight excluding hydrogens is 366 g/mol. The minimum atomic E-state index is -0.177. The molecule has 0 atom stereocenters. The molecule has 0 unspecified atom stereocenters. The van der Waals surface area contributed by atoms with Gasteiger partial charge in [0.2, 0.25) is 0 Å². The van der Waals surface area contributed by atoms with Gasteiger partial charge in [0.15, 0.2) is 0 Å². The van der Waals surface area contributed by atoms with Crippen LogP contribution < -0.4 is 15.5 Å². The Labute approximate surface area is 169 Å². The first kappa shape index (κ1) is 18.9. The van der Waals surface area contributed by atoms with Crippen LogP contribution in [-0.2, 0) is 11.3 Å². The summed E-state index contributed by atoms with van der Waals surface area (Å²) in [6.07, 6.45) is 3.28. The molecule has 29 heavy (non-hydrogen) atoms. The second-order valence-electron chi connectivity index (χ2n) is 6.68. The highest BCUT2D eigenvalue weighted by Gasteiger charge is 2.15. The molecule has 2 aromatic heterocycles. The third kappa shape index (κ3) is 4.89. The predicted molar refractivity (Wildman–Crippen MR) is 112 cm³/mol. The lowest BCUT2D eigenvalue weighted by atomic mass is 10.2. The first-order valence-corrected chi connectivity index (χ1v) is 9.62. The average molecular weight is 389 g/mol. The Morgan fingerprint density at radius 3 is 2.59 bits per heavy atom. The van der Waals surface area contributed by atoms with Gasteiger partial charge in [-0.3, -0.25) is 9.78 Å². The summed E-state index contributed by atoms with van der Waals surface area (Å²) in [5, 5.41) is 6.21. The van der Waals surface area contributed by atoms with E-state index in [1.165, 1.54) is 0 Å². The zero-order valence-corrected chi connectivity index (χ0v) is 16.0. The molecule has 0 aliphatic carbocycles. The number of morpholine rings is 1. The molecule has 3 aromatic rings. The standard InChI is InChI=1S/C22H23N5O2/c28-22(25-16-18-5-3-4-10-23-18)17-8-9-21(24-15-17)26-19-6-1-2-7-20(19)27-11-13-29-14-12-27/h1-10,15H,11-14,16H2,(H,24,26)(H,25,28). The Kier molecular flexibility index (Phi) is 5.97. The molecule has 2 N–H and O–H groups in total. The van der Waals surface area contributed by atoms with Gasteiger partial charge in [0.25, 0.3) is 5.91 Å². The smallest absolute Gasteiger partial charge is 0.253 e. The molecule has 7 heteroatoms. The summed E-state index contributed by atoms with van der Waals surface area (Å²) in [4.78, 5) is 23.2. The fourth-order valence-electron chi connectivity index (χ4n) is 3.18. The summed E-state index contributed by atoms with van der Waals surface area (Å²) in [5.74, 6) is 0.510. The van der Waals surface area contributed by atoms with Crippen molar-refractivity contribution in [2.75, 3.05) is 36.5 Å². The quantitative estimate of drug-likeness (QED) is 0.675. The number of carbonyl (C=O) groups excluding carboxylic acids is 1. The van der Waals surface area contributed by atoms with Gasteiger partial charge < -0.3 is 20.3 Å². The third-order valence-electron chi connectivity index (χ3n) is 4.70. The van der Waals surface area contributed by atoms with Crippen LogP contribution in [0.5, 0.6) is 0 Å². The molecule has 1 amide bonds. The summed E-state index contributed by atoms with van der Waals surface area (Å²) >= 11 is 0. The molecule has 4 rings (SSSR count). The van der Waals surface area contributed by atoms with Crippen molar-refractivity contribution in [1.29, 1.82) is 0 Å². The summed E-state index contributed by atoms with van der Waals surface area (Å²) < 4.78 is 5.45. The minimum Gasteiger partial charge on any atom is -0.378 e. The Morgan fingerprint density at radius 1 is 1.00 bits per heavy atom. The number of rotatable bonds is 6. The topological polar surface area (TPSA) is 79.4 Å². The molecule has 0 radical (unpaired) electrons. The second kappa shape index (κ2) is 9.16. The molecule has 1 fully saturated rings. The van der Waals surface area contributed by atoms with Gasteiger partial charge >= 0.3 is 0 Å². The lowest BCUT2D eigenvalue weighted by molar-refractivity contribution is 0.0950. The Morgan fingerprint density at radius 2 is 1.83 bits per heavy atom. The van der Waals surface area contributed by atoms with Gasteiger partial charge in [0.1, 0.15) is 5.82 Å². The maximum absolute atomic E-state index is 12.3. The molecule has 148 valence electrons. The summed E-state index contributed by atoms with van der Waals surface area (Å²) in [7, 11) is 0. The number of anilines is 3. The van der Waals surface area contributed by atoms with Crippen molar-refractivity contribution in [3.05, 3.63) is 78.2 Å². The van der Waals surface area contributed by atoms with E-state index in [0.29, 0.717) is 17.9 Å². The minimum absolute atomic E-state index is 0.177. The van der Waals surface area contributed by atoms with Crippen LogP contribution >= 0.6 is 0 Å². The molecule has 1 saturated heterocycles. The number of aromatic nitrogens is 2. The van der Waals surface area contributed by atoms with E-state index < -0.39 is 0 Å². The molecule has 1 aliphatic heterocycles. The normalized spacial score (nSPS) is 13.7. The molecule has 1 aromatic carbocycles. The van der Waals surface area contributed by atoms with E-state index in [-0.39, 0.29) is 5.91 Å². The highest BCUT2D eigenvalue weighted by molar-refractivity contribution is 5.94. The number of ether oxygens (including phenoxy) is 1. The van der Waals surface area contributed by atoms with Crippen molar-refractivity contribution in [2.45, 2.75) is 6.54 Å². The van der Waals surface area contributed by atoms with Crippen molar-refractivity contribution in [3.63, 3.8) is 0 Å². The van der Waals surface area contributed by atoms with Crippen LogP contribution in [-0.4, -0.2) is 42.2 Å². The molecule has 0 spiro atoms. The Balaban J connectivity index is 1.40. The van der Waals surface area contributed by atoms with E-state index >= 15 is 0 Å². The van der Waals surface area contributed by atoms with Gasteiger partial charge in [-0.25, -0.2) is 4.98 Å². The third-order valence-corrected chi connectivity index (χ3v) is 4.70. The number of amides is 1. The van der Waals surface area contributed by atoms with Crippen molar-refractivity contribution in [1.82, 2.24) is 15.3 Å². The maximum atomic E-state index is 12.3. The second-order valence-corrected chi connectivity index (χ2v) is 6.68. The fourth-order valence-corrected chi connectivity index (χ4v) is 3.18. The van der Waals surface area contributed by atoms with Crippen LogP contribution in [0, 0.1) is 0 Å². The van der Waals surface area contributed by atoms with Gasteiger partial charge in [-0.1, -0.05) is 18.2 Å².